The van der Waals surface area contributed by atoms with E-state index < -0.39 is 14.9 Å². The number of nitrogens with one attached hydrogen (secondary N) is 1. The van der Waals surface area contributed by atoms with E-state index in [1.54, 1.807) is 19.1 Å². The Kier molecular flexibility index (Phi) is 4.79. The Balaban J connectivity index is 1.79. The van der Waals surface area contributed by atoms with E-state index in [1.807, 2.05) is 17.0 Å². The summed E-state index contributed by atoms with van der Waals surface area (Å²) in [7, 11) is -4.09. The first-order chi connectivity index (χ1) is 13.8. The van der Waals surface area contributed by atoms with E-state index in [0.717, 1.165) is 32.0 Å². The fourth-order valence-electron chi connectivity index (χ4n) is 3.35. The lowest BCUT2D eigenvalue weighted by atomic mass is 10.2. The number of benzene rings is 2. The van der Waals surface area contributed by atoms with Crippen LogP contribution < -0.4 is 9.62 Å². The van der Waals surface area contributed by atoms with Gasteiger partial charge in [-0.3, -0.25) is 14.8 Å². The minimum Gasteiger partial charge on any atom is -0.354 e. The molecular formula is C19H19N5O4S. The molecule has 0 amide bonds. The third-order valence-electron chi connectivity index (χ3n) is 4.88. The summed E-state index contributed by atoms with van der Waals surface area (Å²) in [5.74, 6) is 0.584. The van der Waals surface area contributed by atoms with E-state index in [-0.39, 0.29) is 16.4 Å². The molecule has 0 saturated carbocycles. The van der Waals surface area contributed by atoms with E-state index in [1.165, 1.54) is 12.1 Å². The van der Waals surface area contributed by atoms with Gasteiger partial charge in [0.1, 0.15) is 0 Å². The number of sulfonamides is 1. The molecule has 1 aliphatic rings. The zero-order chi connectivity index (χ0) is 20.6. The molecule has 0 radical (unpaired) electrons. The van der Waals surface area contributed by atoms with Crippen LogP contribution in [-0.2, 0) is 10.0 Å². The molecule has 1 saturated heterocycles. The number of nitrogens with zero attached hydrogens (tertiary/aromatic N) is 4. The van der Waals surface area contributed by atoms with E-state index in [0.29, 0.717) is 22.4 Å². The average Bonchev–Trinajstić information content (AvgIpc) is 3.21. The van der Waals surface area contributed by atoms with Crippen LogP contribution in [0, 0.1) is 17.0 Å². The van der Waals surface area contributed by atoms with Crippen molar-refractivity contribution in [1.82, 2.24) is 9.97 Å². The number of hydrogen-bond acceptors (Lipinski definition) is 7. The van der Waals surface area contributed by atoms with Crippen LogP contribution in [0.25, 0.3) is 11.0 Å². The number of aromatic nitrogens is 2. The Morgan fingerprint density at radius 3 is 2.38 bits per heavy atom. The van der Waals surface area contributed by atoms with Gasteiger partial charge in [-0.1, -0.05) is 18.2 Å². The standard InChI is InChI=1S/C19H19N5O4S/c1-13-8-9-14(12-17(13)24(25)26)29(27,28)22-18-19(23-10-4-5-11-23)21-16-7-3-2-6-15(16)20-18/h2-3,6-9,12H,4-5,10-11H2,1H3,(H,20,22). The first-order valence-electron chi connectivity index (χ1n) is 9.15. The highest BCUT2D eigenvalue weighted by Gasteiger charge is 2.25. The molecule has 0 bridgehead atoms. The van der Waals surface area contributed by atoms with Crippen LogP contribution in [0.2, 0.25) is 0 Å². The summed E-state index contributed by atoms with van der Waals surface area (Å²) in [5, 5.41) is 11.2. The summed E-state index contributed by atoms with van der Waals surface area (Å²) in [4.78, 5) is 21.5. The number of aryl methyl sites for hydroxylation is 1. The number of rotatable bonds is 5. The molecule has 0 atom stereocenters. The van der Waals surface area contributed by atoms with Crippen molar-refractivity contribution >= 4 is 38.4 Å². The van der Waals surface area contributed by atoms with Crippen molar-refractivity contribution in [2.45, 2.75) is 24.7 Å². The second kappa shape index (κ2) is 7.28. The number of fused-ring (bicyclic) bond motifs is 1. The quantitative estimate of drug-likeness (QED) is 0.504. The highest BCUT2D eigenvalue weighted by atomic mass is 32.2. The predicted octanol–water partition coefficient (Wildman–Crippen LogP) is 3.25. The maximum absolute atomic E-state index is 13.0. The molecule has 1 aromatic heterocycles. The third-order valence-corrected chi connectivity index (χ3v) is 6.21. The molecule has 150 valence electrons. The molecule has 4 rings (SSSR count). The van der Waals surface area contributed by atoms with Gasteiger partial charge in [-0.25, -0.2) is 18.4 Å². The number of nitro benzene ring substituents is 1. The molecule has 2 aromatic carbocycles. The molecule has 29 heavy (non-hydrogen) atoms. The Morgan fingerprint density at radius 1 is 1.07 bits per heavy atom. The summed E-state index contributed by atoms with van der Waals surface area (Å²) < 4.78 is 28.4. The van der Waals surface area contributed by atoms with Gasteiger partial charge in [0.2, 0.25) is 0 Å². The number of nitro groups is 1. The Hall–Kier alpha value is -3.27. The van der Waals surface area contributed by atoms with E-state index in [2.05, 4.69) is 14.7 Å². The van der Waals surface area contributed by atoms with Crippen LogP contribution in [-0.4, -0.2) is 36.4 Å². The molecule has 0 unspecified atom stereocenters. The van der Waals surface area contributed by atoms with Crippen molar-refractivity contribution in [3.05, 3.63) is 58.1 Å². The maximum Gasteiger partial charge on any atom is 0.273 e. The Bertz CT molecular complexity index is 1210. The lowest BCUT2D eigenvalue weighted by Gasteiger charge is -2.20. The van der Waals surface area contributed by atoms with Crippen LogP contribution in [0.1, 0.15) is 18.4 Å². The van der Waals surface area contributed by atoms with Crippen molar-refractivity contribution in [3.63, 3.8) is 0 Å². The fraction of sp³-hybridized carbons (Fsp3) is 0.263. The second-order valence-corrected chi connectivity index (χ2v) is 8.57. The minimum absolute atomic E-state index is 0.119. The lowest BCUT2D eigenvalue weighted by Crippen LogP contribution is -2.23. The van der Waals surface area contributed by atoms with Crippen LogP contribution >= 0.6 is 0 Å². The van der Waals surface area contributed by atoms with Crippen LogP contribution in [0.3, 0.4) is 0 Å². The molecule has 3 aromatic rings. The number of hydrogen-bond donors (Lipinski definition) is 1. The molecule has 1 N–H and O–H groups in total. The monoisotopic (exact) mass is 413 g/mol. The summed E-state index contributed by atoms with van der Waals surface area (Å²) >= 11 is 0. The lowest BCUT2D eigenvalue weighted by molar-refractivity contribution is -0.385. The average molecular weight is 413 g/mol. The van der Waals surface area contributed by atoms with E-state index >= 15 is 0 Å². The number of para-hydroxylation sites is 2. The first-order valence-corrected chi connectivity index (χ1v) is 10.6. The summed E-state index contributed by atoms with van der Waals surface area (Å²) in [6, 6.07) is 11.0. The molecular weight excluding hydrogens is 394 g/mol. The molecule has 9 nitrogen and oxygen atoms in total. The second-order valence-electron chi connectivity index (χ2n) is 6.89. The largest absolute Gasteiger partial charge is 0.354 e. The Labute approximate surface area is 167 Å². The molecule has 1 fully saturated rings. The van der Waals surface area contributed by atoms with Crippen LogP contribution in [0.5, 0.6) is 0 Å². The smallest absolute Gasteiger partial charge is 0.273 e. The molecule has 2 heterocycles. The molecule has 0 aliphatic carbocycles. The summed E-state index contributed by atoms with van der Waals surface area (Å²) in [6.45, 7) is 3.08. The van der Waals surface area contributed by atoms with Crippen molar-refractivity contribution < 1.29 is 13.3 Å². The predicted molar refractivity (Wildman–Crippen MR) is 110 cm³/mol. The minimum atomic E-state index is -4.09. The van der Waals surface area contributed by atoms with Gasteiger partial charge < -0.3 is 4.90 Å². The topological polar surface area (TPSA) is 118 Å². The van der Waals surface area contributed by atoms with Gasteiger partial charge in [0.15, 0.2) is 11.6 Å². The van der Waals surface area contributed by atoms with Gasteiger partial charge in [-0.15, -0.1) is 0 Å². The fourth-order valence-corrected chi connectivity index (χ4v) is 4.37. The molecule has 0 spiro atoms. The number of anilines is 2. The summed E-state index contributed by atoms with van der Waals surface area (Å²) in [6.07, 6.45) is 1.98. The third kappa shape index (κ3) is 3.70. The highest BCUT2D eigenvalue weighted by molar-refractivity contribution is 7.92. The van der Waals surface area contributed by atoms with E-state index in [9.17, 15) is 18.5 Å². The van der Waals surface area contributed by atoms with E-state index in [4.69, 9.17) is 0 Å². The van der Waals surface area contributed by atoms with Gasteiger partial charge in [0.05, 0.1) is 20.9 Å². The van der Waals surface area contributed by atoms with Crippen LogP contribution in [0.15, 0.2) is 47.4 Å². The van der Waals surface area contributed by atoms with Gasteiger partial charge in [-0.2, -0.15) is 0 Å². The van der Waals surface area contributed by atoms with Gasteiger partial charge in [-0.05, 0) is 38.0 Å². The van der Waals surface area contributed by atoms with Gasteiger partial charge in [0.25, 0.3) is 15.7 Å². The van der Waals surface area contributed by atoms with Gasteiger partial charge >= 0.3 is 0 Å². The summed E-state index contributed by atoms with van der Waals surface area (Å²) in [5.41, 5.74) is 1.36. The van der Waals surface area contributed by atoms with Crippen molar-refractivity contribution in [2.24, 2.45) is 0 Å². The zero-order valence-corrected chi connectivity index (χ0v) is 16.5. The molecule has 1 aliphatic heterocycles. The zero-order valence-electron chi connectivity index (χ0n) is 15.7. The Morgan fingerprint density at radius 2 is 1.72 bits per heavy atom. The molecule has 10 heteroatoms. The normalized spacial score (nSPS) is 14.3. The van der Waals surface area contributed by atoms with Gasteiger partial charge in [0, 0.05) is 24.7 Å². The van der Waals surface area contributed by atoms with Crippen molar-refractivity contribution in [3.8, 4) is 0 Å². The van der Waals surface area contributed by atoms with Crippen molar-refractivity contribution in [1.29, 1.82) is 0 Å². The van der Waals surface area contributed by atoms with Crippen molar-refractivity contribution in [2.75, 3.05) is 22.7 Å². The first kappa shape index (κ1) is 19.1. The SMILES string of the molecule is Cc1ccc(S(=O)(=O)Nc2nc3ccccc3nc2N2CCCC2)cc1[N+](=O)[O-]. The highest BCUT2D eigenvalue weighted by Crippen LogP contribution is 2.30. The maximum atomic E-state index is 13.0. The van der Waals surface area contributed by atoms with Crippen LogP contribution in [0.4, 0.5) is 17.3 Å².